The molecule has 0 amide bonds. The van der Waals surface area contributed by atoms with Crippen LogP contribution in [0.15, 0.2) is 10.4 Å². The second-order valence-electron chi connectivity index (χ2n) is 0.773. The second-order valence-corrected chi connectivity index (χ2v) is 2.09. The number of hydrogen-bond donors (Lipinski definition) is 2. The fourth-order valence-electron chi connectivity index (χ4n) is 0.0943. The van der Waals surface area contributed by atoms with Crippen molar-refractivity contribution < 1.29 is 4.92 Å². The molecule has 0 atom stereocenters. The highest BCUT2D eigenvalue weighted by molar-refractivity contribution is 8.04. The van der Waals surface area contributed by atoms with Crippen LogP contribution in [-0.2, 0) is 0 Å². The van der Waals surface area contributed by atoms with Gasteiger partial charge in [-0.15, -0.1) is 25.3 Å². The number of thiol groups is 2. The summed E-state index contributed by atoms with van der Waals surface area (Å²) < 4.78 is 0.102. The molecule has 0 aromatic heterocycles. The van der Waals surface area contributed by atoms with Crippen LogP contribution < -0.4 is 0 Å². The molecule has 5 heteroatoms. The zero-order chi connectivity index (χ0) is 5.86. The van der Waals surface area contributed by atoms with Crippen LogP contribution in [0, 0.1) is 10.1 Å². The van der Waals surface area contributed by atoms with E-state index in [0.717, 1.165) is 0 Å². The molecule has 0 aromatic carbocycles. The average molecular weight is 139 g/mol. The van der Waals surface area contributed by atoms with Crippen LogP contribution in [0.25, 0.3) is 0 Å². The van der Waals surface area contributed by atoms with Gasteiger partial charge in [0.05, 0.1) is 4.92 Å². The number of nitro groups is 1. The first kappa shape index (κ1) is 6.84. The first-order valence-corrected chi connectivity index (χ1v) is 2.25. The van der Waals surface area contributed by atoms with Crippen LogP contribution in [0.4, 0.5) is 0 Å². The van der Waals surface area contributed by atoms with Crippen molar-refractivity contribution in [3.05, 3.63) is 20.6 Å². The molecule has 0 unspecified atom stereocenters. The summed E-state index contributed by atoms with van der Waals surface area (Å²) >= 11 is 7.04. The van der Waals surface area contributed by atoms with Crippen molar-refractivity contribution in [1.82, 2.24) is 0 Å². The Hall–Kier alpha value is -0.160. The first-order valence-electron chi connectivity index (χ1n) is 1.36. The summed E-state index contributed by atoms with van der Waals surface area (Å²) in [7, 11) is 0. The normalized spacial score (nSPS) is 7.71. The molecule has 7 heavy (non-hydrogen) atoms. The van der Waals surface area contributed by atoms with E-state index in [9.17, 15) is 10.1 Å². The van der Waals surface area contributed by atoms with Gasteiger partial charge < -0.3 is 0 Å². The maximum absolute atomic E-state index is 9.44. The standard InChI is InChI=1S/C2H3NO2S2/c4-3(5)1-2(6)7/h1,6-7H/i1+2. The maximum atomic E-state index is 9.44. The molecule has 40 valence electrons. The highest BCUT2D eigenvalue weighted by Crippen LogP contribution is 2.02. The molecular weight excluding hydrogens is 136 g/mol. The van der Waals surface area contributed by atoms with E-state index in [1.54, 1.807) is 0 Å². The molecule has 0 N–H and O–H groups in total. The molecular formula is C2H3NO2S2. The number of rotatable bonds is 1. The lowest BCUT2D eigenvalue weighted by Gasteiger charge is -1.76. The lowest BCUT2D eigenvalue weighted by molar-refractivity contribution is -0.402. The minimum Gasteiger partial charge on any atom is -0.259 e. The van der Waals surface area contributed by atoms with Gasteiger partial charge in [0.15, 0.2) is 0 Å². The fraction of sp³-hybridized carbons (Fsp3) is 0. The Bertz CT molecular complexity index is 106. The molecule has 0 spiro atoms. The van der Waals surface area contributed by atoms with Gasteiger partial charge in [-0.2, -0.15) is 0 Å². The molecule has 0 rings (SSSR count). The van der Waals surface area contributed by atoms with Gasteiger partial charge in [-0.05, 0) is 0 Å². The van der Waals surface area contributed by atoms with Crippen molar-refractivity contribution >= 4 is 25.3 Å². The molecule has 0 saturated carbocycles. The molecule has 3 nitrogen and oxygen atoms in total. The van der Waals surface area contributed by atoms with Crippen molar-refractivity contribution in [2.45, 2.75) is 0 Å². The molecule has 0 aliphatic heterocycles. The van der Waals surface area contributed by atoms with E-state index in [2.05, 4.69) is 25.3 Å². The minimum atomic E-state index is -0.616. The van der Waals surface area contributed by atoms with Gasteiger partial charge in [0, 0.05) is 0 Å². The largest absolute Gasteiger partial charge is 0.259 e. The second kappa shape index (κ2) is 2.92. The predicted octanol–water partition coefficient (Wildman–Crippen LogP) is 0.922. The lowest BCUT2D eigenvalue weighted by atomic mass is 11.6. The van der Waals surface area contributed by atoms with Gasteiger partial charge in [0.1, 0.15) is 4.24 Å². The Morgan fingerprint density at radius 2 is 2.14 bits per heavy atom. The molecule has 0 radical (unpaired) electrons. The third-order valence-electron chi connectivity index (χ3n) is 0.221. The molecule has 0 aromatic rings. The molecule has 0 fully saturated rings. The van der Waals surface area contributed by atoms with Crippen LogP contribution >= 0.6 is 25.3 Å². The Balaban J connectivity index is 3.68. The zero-order valence-corrected chi connectivity index (χ0v) is 5.02. The van der Waals surface area contributed by atoms with E-state index in [-0.39, 0.29) is 4.24 Å². The van der Waals surface area contributed by atoms with Crippen LogP contribution in [0.3, 0.4) is 0 Å². The zero-order valence-electron chi connectivity index (χ0n) is 3.24. The first-order chi connectivity index (χ1) is 3.13. The highest BCUT2D eigenvalue weighted by Gasteiger charge is 1.85. The van der Waals surface area contributed by atoms with Gasteiger partial charge in [0.25, 0.3) is 6.20 Å². The monoisotopic (exact) mass is 139 g/mol. The summed E-state index contributed by atoms with van der Waals surface area (Å²) in [5.41, 5.74) is 0. The third kappa shape index (κ3) is 5.84. The fourth-order valence-corrected chi connectivity index (χ4v) is 0.283. The van der Waals surface area contributed by atoms with Crippen molar-refractivity contribution in [1.29, 1.82) is 0 Å². The lowest BCUT2D eigenvalue weighted by Crippen LogP contribution is -1.81. The Morgan fingerprint density at radius 1 is 1.71 bits per heavy atom. The summed E-state index contributed by atoms with van der Waals surface area (Å²) in [6.45, 7) is 0. The van der Waals surface area contributed by atoms with Gasteiger partial charge in [-0.1, -0.05) is 0 Å². The molecule has 0 bridgehead atoms. The van der Waals surface area contributed by atoms with Crippen LogP contribution in [0.2, 0.25) is 0 Å². The molecule has 0 heterocycles. The average Bonchev–Trinajstić information content (AvgIpc) is 1.27. The minimum absolute atomic E-state index is 0.102. The van der Waals surface area contributed by atoms with E-state index < -0.39 is 4.92 Å². The summed E-state index contributed by atoms with van der Waals surface area (Å²) in [6.07, 6.45) is 0.701. The third-order valence-corrected chi connectivity index (χ3v) is 0.452. The van der Waals surface area contributed by atoms with Crippen molar-refractivity contribution in [3.63, 3.8) is 0 Å². The van der Waals surface area contributed by atoms with E-state index in [0.29, 0.717) is 6.20 Å². The number of hydrogen-bond acceptors (Lipinski definition) is 4. The predicted molar refractivity (Wildman–Crippen MR) is 33.0 cm³/mol. The van der Waals surface area contributed by atoms with Crippen LogP contribution in [0.1, 0.15) is 0 Å². The van der Waals surface area contributed by atoms with Crippen LogP contribution in [-0.4, -0.2) is 4.92 Å². The Kier molecular flexibility index (Phi) is 2.86. The summed E-state index contributed by atoms with van der Waals surface area (Å²) in [6, 6.07) is 0. The Labute approximate surface area is 51.4 Å². The Morgan fingerprint density at radius 3 is 2.14 bits per heavy atom. The van der Waals surface area contributed by atoms with Crippen LogP contribution in [0.5, 0.6) is 0 Å². The summed E-state index contributed by atoms with van der Waals surface area (Å²) in [5, 5.41) is 9.44. The molecule has 0 aliphatic carbocycles. The van der Waals surface area contributed by atoms with Crippen molar-refractivity contribution in [3.8, 4) is 0 Å². The van der Waals surface area contributed by atoms with Gasteiger partial charge in [-0.25, -0.2) is 0 Å². The van der Waals surface area contributed by atoms with Crippen molar-refractivity contribution in [2.24, 2.45) is 0 Å². The van der Waals surface area contributed by atoms with E-state index in [1.165, 1.54) is 0 Å². The molecule has 0 aliphatic rings. The van der Waals surface area contributed by atoms with Gasteiger partial charge >= 0.3 is 0 Å². The highest BCUT2D eigenvalue weighted by atomic mass is 32.2. The SMILES string of the molecule is O=[N+]([O-])[14CH]=C(S)S. The summed E-state index contributed by atoms with van der Waals surface area (Å²) in [5.74, 6) is 0. The smallest absolute Gasteiger partial charge is 0.253 e. The quantitative estimate of drug-likeness (QED) is 0.322. The van der Waals surface area contributed by atoms with Crippen molar-refractivity contribution in [2.75, 3.05) is 0 Å². The summed E-state index contributed by atoms with van der Waals surface area (Å²) in [4.78, 5) is 8.83. The van der Waals surface area contributed by atoms with E-state index >= 15 is 0 Å². The van der Waals surface area contributed by atoms with Gasteiger partial charge in [-0.3, -0.25) is 10.1 Å². The topological polar surface area (TPSA) is 43.1 Å². The molecule has 0 saturated heterocycles. The van der Waals surface area contributed by atoms with E-state index in [1.807, 2.05) is 0 Å². The van der Waals surface area contributed by atoms with Gasteiger partial charge in [0.2, 0.25) is 0 Å². The van der Waals surface area contributed by atoms with E-state index in [4.69, 9.17) is 0 Å². The maximum Gasteiger partial charge on any atom is 0.253 e. The number of nitrogens with zero attached hydrogens (tertiary/aromatic N) is 1.